The largest absolute Gasteiger partial charge is 0.476 e. The van der Waals surface area contributed by atoms with E-state index in [1.165, 1.54) is 29.1 Å². The van der Waals surface area contributed by atoms with Crippen LogP contribution in [-0.4, -0.2) is 21.8 Å². The van der Waals surface area contributed by atoms with Gasteiger partial charge in [-0.2, -0.15) is 13.2 Å². The minimum atomic E-state index is -4.48. The van der Waals surface area contributed by atoms with Gasteiger partial charge in [-0.15, -0.1) is 0 Å². The first-order valence-electron chi connectivity index (χ1n) is 6.36. The molecule has 0 aliphatic carbocycles. The summed E-state index contributed by atoms with van der Waals surface area (Å²) < 4.78 is 44.9. The van der Waals surface area contributed by atoms with E-state index in [0.29, 0.717) is 16.1 Å². The van der Waals surface area contributed by atoms with Gasteiger partial charge in [0.15, 0.2) is 5.15 Å². The van der Waals surface area contributed by atoms with Crippen LogP contribution in [0.15, 0.2) is 24.5 Å². The second kappa shape index (κ2) is 5.92. The standard InChI is InChI=1S/C14H8Cl3F3N2O/c15-9-2-3-10-7(1-4-11(23-10)14(18,19)20)8(9)5-22-6-21-12(16)13(22)17/h1-4,6,11H,5H2. The lowest BCUT2D eigenvalue weighted by Crippen LogP contribution is -2.34. The quantitative estimate of drug-likeness (QED) is 0.710. The number of halogens is 6. The van der Waals surface area contributed by atoms with Crippen molar-refractivity contribution in [1.29, 1.82) is 0 Å². The highest BCUT2D eigenvalue weighted by Crippen LogP contribution is 2.38. The van der Waals surface area contributed by atoms with Gasteiger partial charge in [-0.05, 0) is 18.2 Å². The Labute approximate surface area is 144 Å². The first-order chi connectivity index (χ1) is 10.8. The third-order valence-corrected chi connectivity index (χ3v) is 4.46. The van der Waals surface area contributed by atoms with Crippen LogP contribution in [0.3, 0.4) is 0 Å². The molecular formula is C14H8Cl3F3N2O. The summed E-state index contributed by atoms with van der Waals surface area (Å²) >= 11 is 18.0. The first kappa shape index (κ1) is 16.5. The molecule has 122 valence electrons. The predicted molar refractivity (Wildman–Crippen MR) is 82.3 cm³/mol. The van der Waals surface area contributed by atoms with Crippen LogP contribution in [0, 0.1) is 0 Å². The normalized spacial score (nSPS) is 17.0. The predicted octanol–water partition coefficient (Wildman–Crippen LogP) is 5.23. The van der Waals surface area contributed by atoms with Gasteiger partial charge in [-0.3, -0.25) is 0 Å². The van der Waals surface area contributed by atoms with Gasteiger partial charge >= 0.3 is 6.18 Å². The molecule has 1 aliphatic heterocycles. The van der Waals surface area contributed by atoms with Crippen molar-refractivity contribution in [2.75, 3.05) is 0 Å². The molecule has 1 atom stereocenters. The van der Waals surface area contributed by atoms with Crippen molar-refractivity contribution in [2.45, 2.75) is 18.8 Å². The van der Waals surface area contributed by atoms with E-state index in [-0.39, 0.29) is 22.6 Å². The van der Waals surface area contributed by atoms with E-state index >= 15 is 0 Å². The number of hydrogen-bond donors (Lipinski definition) is 0. The smallest absolute Gasteiger partial charge is 0.429 e. The molecule has 3 nitrogen and oxygen atoms in total. The van der Waals surface area contributed by atoms with Gasteiger partial charge in [0.2, 0.25) is 6.10 Å². The Kier molecular flexibility index (Phi) is 4.25. The highest BCUT2D eigenvalue weighted by Gasteiger charge is 2.41. The number of hydrogen-bond acceptors (Lipinski definition) is 2. The molecule has 9 heteroatoms. The maximum Gasteiger partial charge on any atom is 0.429 e. The van der Waals surface area contributed by atoms with Crippen molar-refractivity contribution in [3.63, 3.8) is 0 Å². The van der Waals surface area contributed by atoms with Crippen LogP contribution in [0.25, 0.3) is 6.08 Å². The summed E-state index contributed by atoms with van der Waals surface area (Å²) in [6, 6.07) is 2.89. The van der Waals surface area contributed by atoms with Crippen molar-refractivity contribution < 1.29 is 17.9 Å². The molecule has 2 heterocycles. The second-order valence-corrected chi connectivity index (χ2v) is 5.95. The number of aromatic nitrogens is 2. The van der Waals surface area contributed by atoms with E-state index < -0.39 is 12.3 Å². The summed E-state index contributed by atoms with van der Waals surface area (Å²) in [5, 5.41) is 0.731. The SMILES string of the molecule is FC(F)(F)C1C=Cc2c(ccc(Cl)c2Cn2cnc(Cl)c2Cl)O1. The highest BCUT2D eigenvalue weighted by molar-refractivity contribution is 6.40. The molecule has 1 unspecified atom stereocenters. The summed E-state index contributed by atoms with van der Waals surface area (Å²) in [6.45, 7) is 0.199. The molecule has 0 fully saturated rings. The summed E-state index contributed by atoms with van der Waals surface area (Å²) in [7, 11) is 0. The van der Waals surface area contributed by atoms with Crippen LogP contribution in [0.1, 0.15) is 11.1 Å². The van der Waals surface area contributed by atoms with Crippen molar-refractivity contribution in [2.24, 2.45) is 0 Å². The Balaban J connectivity index is 1.99. The minimum Gasteiger partial charge on any atom is -0.476 e. The molecule has 0 saturated heterocycles. The Bertz CT molecular complexity index is 786. The fourth-order valence-electron chi connectivity index (χ4n) is 2.22. The molecule has 0 saturated carbocycles. The lowest BCUT2D eigenvalue weighted by Gasteiger charge is -2.25. The van der Waals surface area contributed by atoms with Gasteiger partial charge < -0.3 is 9.30 Å². The molecule has 0 radical (unpaired) electrons. The van der Waals surface area contributed by atoms with Crippen LogP contribution >= 0.6 is 34.8 Å². The summed E-state index contributed by atoms with van der Waals surface area (Å²) in [4.78, 5) is 3.85. The van der Waals surface area contributed by atoms with E-state index in [2.05, 4.69) is 4.98 Å². The van der Waals surface area contributed by atoms with Crippen LogP contribution in [0.2, 0.25) is 15.3 Å². The van der Waals surface area contributed by atoms with Crippen LogP contribution in [0.4, 0.5) is 13.2 Å². The summed E-state index contributed by atoms with van der Waals surface area (Å²) in [6.07, 6.45) is -2.73. The maximum absolute atomic E-state index is 12.8. The number of fused-ring (bicyclic) bond motifs is 1. The molecule has 0 N–H and O–H groups in total. The average Bonchev–Trinajstić information content (AvgIpc) is 2.80. The first-order valence-corrected chi connectivity index (χ1v) is 7.50. The van der Waals surface area contributed by atoms with E-state index in [1.54, 1.807) is 0 Å². The Hall–Kier alpha value is -1.37. The molecule has 2 aromatic rings. The van der Waals surface area contributed by atoms with E-state index in [9.17, 15) is 13.2 Å². The molecule has 0 spiro atoms. The number of rotatable bonds is 2. The van der Waals surface area contributed by atoms with Gasteiger partial charge in [0, 0.05) is 16.1 Å². The molecule has 1 aliphatic rings. The maximum atomic E-state index is 12.8. The van der Waals surface area contributed by atoms with Crippen LogP contribution < -0.4 is 4.74 Å². The van der Waals surface area contributed by atoms with Crippen molar-refractivity contribution >= 4 is 40.9 Å². The number of alkyl halides is 3. The number of benzene rings is 1. The molecule has 0 bridgehead atoms. The monoisotopic (exact) mass is 382 g/mol. The third-order valence-electron chi connectivity index (χ3n) is 3.34. The number of ether oxygens (including phenoxy) is 1. The van der Waals surface area contributed by atoms with Crippen molar-refractivity contribution in [3.05, 3.63) is 51.0 Å². The Morgan fingerprint density at radius 2 is 1.96 bits per heavy atom. The van der Waals surface area contributed by atoms with Gasteiger partial charge in [0.05, 0.1) is 12.9 Å². The second-order valence-electron chi connectivity index (χ2n) is 4.83. The Morgan fingerprint density at radius 1 is 1.22 bits per heavy atom. The lowest BCUT2D eigenvalue weighted by molar-refractivity contribution is -0.180. The van der Waals surface area contributed by atoms with Crippen molar-refractivity contribution in [3.8, 4) is 5.75 Å². The van der Waals surface area contributed by atoms with E-state index in [4.69, 9.17) is 39.5 Å². The molecule has 0 amide bonds. The van der Waals surface area contributed by atoms with Crippen molar-refractivity contribution in [1.82, 2.24) is 9.55 Å². The zero-order chi connectivity index (χ0) is 16.8. The Morgan fingerprint density at radius 3 is 2.57 bits per heavy atom. The van der Waals surface area contributed by atoms with E-state index in [0.717, 1.165) is 6.08 Å². The molecule has 1 aromatic carbocycles. The minimum absolute atomic E-state index is 0.108. The fourth-order valence-corrected chi connectivity index (χ4v) is 2.75. The zero-order valence-electron chi connectivity index (χ0n) is 11.2. The highest BCUT2D eigenvalue weighted by atomic mass is 35.5. The average molecular weight is 384 g/mol. The fraction of sp³-hybridized carbons (Fsp3) is 0.214. The van der Waals surface area contributed by atoms with Crippen LogP contribution in [0.5, 0.6) is 5.75 Å². The molecule has 23 heavy (non-hydrogen) atoms. The summed E-state index contributed by atoms with van der Waals surface area (Å²) in [5.41, 5.74) is 1.04. The van der Waals surface area contributed by atoms with Gasteiger partial charge in [0.1, 0.15) is 10.9 Å². The number of nitrogens with zero attached hydrogens (tertiary/aromatic N) is 2. The van der Waals surface area contributed by atoms with Gasteiger partial charge in [-0.1, -0.05) is 40.9 Å². The van der Waals surface area contributed by atoms with Gasteiger partial charge in [-0.25, -0.2) is 4.98 Å². The zero-order valence-corrected chi connectivity index (χ0v) is 13.5. The lowest BCUT2D eigenvalue weighted by atomic mass is 10.0. The topological polar surface area (TPSA) is 27.1 Å². The third kappa shape index (κ3) is 3.16. The molecule has 1 aromatic heterocycles. The summed E-state index contributed by atoms with van der Waals surface area (Å²) in [5.74, 6) is 0.108. The van der Waals surface area contributed by atoms with Gasteiger partial charge in [0.25, 0.3) is 0 Å². The number of imidazole rings is 1. The van der Waals surface area contributed by atoms with Crippen LogP contribution in [-0.2, 0) is 6.54 Å². The molecular weight excluding hydrogens is 376 g/mol. The van der Waals surface area contributed by atoms with E-state index in [1.807, 2.05) is 0 Å². The molecule has 3 rings (SSSR count).